The van der Waals surface area contributed by atoms with Crippen molar-refractivity contribution in [2.45, 2.75) is 12.0 Å². The molecule has 0 aliphatic rings. The zero-order valence-electron chi connectivity index (χ0n) is 15.8. The maximum absolute atomic E-state index is 13.1. The lowest BCUT2D eigenvalue weighted by Crippen LogP contribution is -2.35. The van der Waals surface area contributed by atoms with Crippen molar-refractivity contribution in [3.05, 3.63) is 124 Å². The third-order valence-electron chi connectivity index (χ3n) is 4.89. The molecule has 144 valence electrons. The van der Waals surface area contributed by atoms with Gasteiger partial charge in [-0.15, -0.1) is 11.3 Å². The van der Waals surface area contributed by atoms with Crippen LogP contribution in [0.5, 0.6) is 0 Å². The Bertz CT molecular complexity index is 979. The highest BCUT2D eigenvalue weighted by Crippen LogP contribution is 2.40. The van der Waals surface area contributed by atoms with Crippen LogP contribution in [-0.2, 0) is 21.6 Å². The highest BCUT2D eigenvalue weighted by molar-refractivity contribution is 7.10. The highest BCUT2D eigenvalue weighted by atomic mass is 32.1. The van der Waals surface area contributed by atoms with Gasteiger partial charge in [-0.3, -0.25) is 4.79 Å². The quantitative estimate of drug-likeness (QED) is 0.348. The van der Waals surface area contributed by atoms with Crippen LogP contribution in [0.2, 0.25) is 0 Å². The van der Waals surface area contributed by atoms with E-state index in [1.165, 1.54) is 11.3 Å². The fraction of sp³-hybridized carbons (Fsp3) is 0.0800. The molecule has 0 radical (unpaired) electrons. The first-order chi connectivity index (χ1) is 14.2. The zero-order chi connectivity index (χ0) is 20.1. The van der Waals surface area contributed by atoms with E-state index >= 15 is 0 Å². The molecule has 4 rings (SSSR count). The Labute approximate surface area is 174 Å². The fourth-order valence-electron chi connectivity index (χ4n) is 3.53. The number of carbonyl (C=O) groups is 1. The van der Waals surface area contributed by atoms with Gasteiger partial charge in [0, 0.05) is 27.3 Å². The first-order valence-corrected chi connectivity index (χ1v) is 10.3. The summed E-state index contributed by atoms with van der Waals surface area (Å²) in [6.45, 7) is 0. The van der Waals surface area contributed by atoms with Crippen LogP contribution in [0.25, 0.3) is 0 Å². The average molecular weight is 400 g/mol. The monoisotopic (exact) mass is 399 g/mol. The molecule has 0 bridgehead atoms. The lowest BCUT2D eigenvalue weighted by molar-refractivity contribution is -0.152. The zero-order valence-corrected chi connectivity index (χ0v) is 16.6. The van der Waals surface area contributed by atoms with E-state index in [1.807, 2.05) is 102 Å². The molecular formula is C25H21NO2S. The molecule has 0 amide bonds. The average Bonchev–Trinajstić information content (AvgIpc) is 3.18. The predicted molar refractivity (Wildman–Crippen MR) is 118 cm³/mol. The van der Waals surface area contributed by atoms with Gasteiger partial charge in [0.05, 0.1) is 6.42 Å². The Balaban J connectivity index is 1.86. The van der Waals surface area contributed by atoms with E-state index in [0.29, 0.717) is 5.69 Å². The molecule has 0 spiro atoms. The fourth-order valence-corrected chi connectivity index (χ4v) is 4.31. The van der Waals surface area contributed by atoms with E-state index in [1.54, 1.807) is 0 Å². The van der Waals surface area contributed by atoms with Crippen molar-refractivity contribution in [1.29, 1.82) is 0 Å². The van der Waals surface area contributed by atoms with Gasteiger partial charge in [0.2, 0.25) is 0 Å². The molecule has 0 aliphatic heterocycles. The van der Waals surface area contributed by atoms with E-state index < -0.39 is 5.60 Å². The molecule has 1 heterocycles. The maximum atomic E-state index is 13.1. The number of esters is 1. The van der Waals surface area contributed by atoms with Gasteiger partial charge < -0.3 is 10.5 Å². The smallest absolute Gasteiger partial charge is 0.312 e. The molecule has 0 aliphatic carbocycles. The summed E-state index contributed by atoms with van der Waals surface area (Å²) < 4.78 is 6.34. The van der Waals surface area contributed by atoms with Gasteiger partial charge in [-0.1, -0.05) is 91.0 Å². The van der Waals surface area contributed by atoms with Gasteiger partial charge in [0.1, 0.15) is 0 Å². The van der Waals surface area contributed by atoms with Crippen molar-refractivity contribution in [1.82, 2.24) is 0 Å². The molecule has 29 heavy (non-hydrogen) atoms. The minimum absolute atomic E-state index is 0.137. The summed E-state index contributed by atoms with van der Waals surface area (Å²) in [5.74, 6) is -0.323. The number of hydrogen-bond acceptors (Lipinski definition) is 4. The third-order valence-corrected chi connectivity index (χ3v) is 5.83. The minimum atomic E-state index is -1.05. The SMILES string of the molecule is Nc1ccsc1CC(=O)OC(c1ccccc1)(c1ccccc1)c1ccccc1. The molecule has 0 atom stereocenters. The second-order valence-corrected chi connectivity index (χ2v) is 7.73. The van der Waals surface area contributed by atoms with Gasteiger partial charge in [0.25, 0.3) is 0 Å². The summed E-state index contributed by atoms with van der Waals surface area (Å²) in [5, 5.41) is 1.89. The van der Waals surface area contributed by atoms with Gasteiger partial charge in [-0.2, -0.15) is 0 Å². The Kier molecular flexibility index (Phi) is 5.45. The topological polar surface area (TPSA) is 52.3 Å². The standard InChI is InChI=1S/C25H21NO2S/c26-22-16-17-29-23(22)18-24(27)28-25(19-10-4-1-5-11-19,20-12-6-2-7-13-20)21-14-8-3-9-15-21/h1-17H,18,26H2. The van der Waals surface area contributed by atoms with E-state index in [2.05, 4.69) is 0 Å². The number of anilines is 1. The summed E-state index contributed by atoms with van der Waals surface area (Å²) in [5.41, 5.74) is 8.24. The van der Waals surface area contributed by atoms with Crippen LogP contribution in [0.1, 0.15) is 21.6 Å². The van der Waals surface area contributed by atoms with Crippen molar-refractivity contribution in [3.63, 3.8) is 0 Å². The maximum Gasteiger partial charge on any atom is 0.312 e. The van der Waals surface area contributed by atoms with E-state index in [-0.39, 0.29) is 12.4 Å². The molecule has 3 aromatic carbocycles. The number of hydrogen-bond donors (Lipinski definition) is 1. The normalized spacial score (nSPS) is 11.2. The number of rotatable bonds is 6. The summed E-state index contributed by atoms with van der Waals surface area (Å²) in [7, 11) is 0. The summed E-state index contributed by atoms with van der Waals surface area (Å²) in [6, 6.07) is 31.4. The summed E-state index contributed by atoms with van der Waals surface area (Å²) in [4.78, 5) is 13.9. The van der Waals surface area contributed by atoms with Crippen LogP contribution in [0.3, 0.4) is 0 Å². The van der Waals surface area contributed by atoms with E-state index in [4.69, 9.17) is 10.5 Å². The highest BCUT2D eigenvalue weighted by Gasteiger charge is 2.40. The van der Waals surface area contributed by atoms with Crippen LogP contribution >= 0.6 is 11.3 Å². The van der Waals surface area contributed by atoms with Crippen molar-refractivity contribution in [2.75, 3.05) is 5.73 Å². The second kappa shape index (κ2) is 8.33. The number of nitrogens with two attached hydrogens (primary N) is 1. The van der Waals surface area contributed by atoms with Gasteiger partial charge in [-0.25, -0.2) is 0 Å². The molecule has 2 N–H and O–H groups in total. The largest absolute Gasteiger partial charge is 0.444 e. The third kappa shape index (κ3) is 3.80. The Morgan fingerprint density at radius 2 is 1.21 bits per heavy atom. The minimum Gasteiger partial charge on any atom is -0.444 e. The van der Waals surface area contributed by atoms with Crippen LogP contribution in [0, 0.1) is 0 Å². The predicted octanol–water partition coefficient (Wildman–Crippen LogP) is 5.41. The van der Waals surface area contributed by atoms with Crippen LogP contribution < -0.4 is 5.73 Å². The van der Waals surface area contributed by atoms with Crippen LogP contribution in [-0.4, -0.2) is 5.97 Å². The van der Waals surface area contributed by atoms with Crippen molar-refractivity contribution in [2.24, 2.45) is 0 Å². The molecule has 4 heteroatoms. The molecule has 0 fully saturated rings. The van der Waals surface area contributed by atoms with Crippen LogP contribution in [0.4, 0.5) is 5.69 Å². The number of nitrogen functional groups attached to an aromatic ring is 1. The number of thiophene rings is 1. The van der Waals surface area contributed by atoms with Crippen molar-refractivity contribution >= 4 is 23.0 Å². The molecular weight excluding hydrogens is 378 g/mol. The molecule has 4 aromatic rings. The number of carbonyl (C=O) groups excluding carboxylic acids is 1. The van der Waals surface area contributed by atoms with Gasteiger partial charge in [0.15, 0.2) is 5.60 Å². The van der Waals surface area contributed by atoms with E-state index in [9.17, 15) is 4.79 Å². The molecule has 0 saturated heterocycles. The van der Waals surface area contributed by atoms with E-state index in [0.717, 1.165) is 21.6 Å². The second-order valence-electron chi connectivity index (χ2n) is 6.73. The molecule has 1 aromatic heterocycles. The number of benzene rings is 3. The Morgan fingerprint density at radius 3 is 1.59 bits per heavy atom. The summed E-state index contributed by atoms with van der Waals surface area (Å²) in [6.07, 6.45) is 0.137. The lowest BCUT2D eigenvalue weighted by atomic mass is 9.80. The molecule has 3 nitrogen and oxygen atoms in total. The number of ether oxygens (including phenoxy) is 1. The lowest BCUT2D eigenvalue weighted by Gasteiger charge is -2.35. The first kappa shape index (κ1) is 19.0. The van der Waals surface area contributed by atoms with Gasteiger partial charge in [-0.05, 0) is 11.4 Å². The molecule has 0 saturated carbocycles. The Hall–Kier alpha value is -3.37. The van der Waals surface area contributed by atoms with Crippen molar-refractivity contribution in [3.8, 4) is 0 Å². The first-order valence-electron chi connectivity index (χ1n) is 9.40. The van der Waals surface area contributed by atoms with Gasteiger partial charge >= 0.3 is 5.97 Å². The van der Waals surface area contributed by atoms with Crippen LogP contribution in [0.15, 0.2) is 102 Å². The Morgan fingerprint density at radius 1 is 0.759 bits per heavy atom. The molecule has 0 unspecified atom stereocenters. The van der Waals surface area contributed by atoms with Crippen molar-refractivity contribution < 1.29 is 9.53 Å². The summed E-state index contributed by atoms with van der Waals surface area (Å²) >= 11 is 1.47.